The Balaban J connectivity index is 0.660. The van der Waals surface area contributed by atoms with Crippen molar-refractivity contribution < 1.29 is 0 Å². The van der Waals surface area contributed by atoms with Crippen LogP contribution in [0.2, 0.25) is 0 Å². The molecule has 0 aliphatic heterocycles. The van der Waals surface area contributed by atoms with Crippen LogP contribution in [0.1, 0.15) is 0 Å². The summed E-state index contributed by atoms with van der Waals surface area (Å²) in [4.78, 5) is 0. The van der Waals surface area contributed by atoms with Crippen LogP contribution in [0.3, 0.4) is 0 Å². The number of hydrogen-bond acceptors (Lipinski definition) is 0. The van der Waals surface area contributed by atoms with Gasteiger partial charge in [0.2, 0.25) is 0 Å². The lowest BCUT2D eigenvalue weighted by atomic mass is 9.93. The van der Waals surface area contributed by atoms with Gasteiger partial charge < -0.3 is 18.3 Å². The SMILES string of the molecule is c1ccc(-c2ccc3c(c2)c2cc(-c4ccc5c(c4)c4c(-c6ccccc6)cc(-c6ccccc6)cc4n5-c4ccc(-c5ccc(-n6c7ccc(-c8ccc9c(c8)c8c(-c%10ccccc%10)cc(-c%10ccccc%10)cc8n9-c8ccccc8)cc7c7ccc(-c8ccccc8)cc76)cc5)cc4)ccc2n3-c2ccccc2)cc1. The van der Waals surface area contributed by atoms with Crippen molar-refractivity contribution in [2.45, 2.75) is 0 Å². The normalized spacial score (nSPS) is 11.8. The van der Waals surface area contributed by atoms with Crippen molar-refractivity contribution in [3.63, 3.8) is 0 Å². The van der Waals surface area contributed by atoms with Crippen molar-refractivity contribution in [1.29, 1.82) is 0 Å². The fourth-order valence-electron chi connectivity index (χ4n) is 17.8. The molecule has 0 radical (unpaired) electrons. The Morgan fingerprint density at radius 1 is 0.116 bits per heavy atom. The van der Waals surface area contributed by atoms with Crippen molar-refractivity contribution in [1.82, 2.24) is 18.3 Å². The third-order valence-electron chi connectivity index (χ3n) is 23.1. The van der Waals surface area contributed by atoms with Crippen LogP contribution in [0.15, 0.2) is 425 Å². The first kappa shape index (κ1) is 64.3. The summed E-state index contributed by atoms with van der Waals surface area (Å²) in [5, 5.41) is 9.70. The molecule has 18 aromatic carbocycles. The summed E-state index contributed by atoms with van der Waals surface area (Å²) >= 11 is 0. The number of para-hydroxylation sites is 2. The van der Waals surface area contributed by atoms with Crippen LogP contribution in [0.4, 0.5) is 0 Å². The number of rotatable bonds is 13. The van der Waals surface area contributed by atoms with Crippen LogP contribution in [0.5, 0.6) is 0 Å². The highest BCUT2D eigenvalue weighted by Crippen LogP contribution is 2.48. The van der Waals surface area contributed by atoms with Crippen LogP contribution >= 0.6 is 0 Å². The average molecular weight is 1420 g/mol. The fraction of sp³-hybridized carbons (Fsp3) is 0. The first-order chi connectivity index (χ1) is 55.5. The minimum Gasteiger partial charge on any atom is -0.309 e. The van der Waals surface area contributed by atoms with Gasteiger partial charge in [-0.25, -0.2) is 0 Å². The number of aromatic nitrogens is 4. The molecule has 0 saturated heterocycles. The molecule has 0 aliphatic carbocycles. The number of benzene rings is 18. The molecule has 4 nitrogen and oxygen atoms in total. The highest BCUT2D eigenvalue weighted by molar-refractivity contribution is 6.21. The van der Waals surface area contributed by atoms with Gasteiger partial charge in [0.1, 0.15) is 0 Å². The predicted octanol–water partition coefficient (Wildman–Crippen LogP) is 29.1. The third kappa shape index (κ3) is 10.8. The number of nitrogens with zero attached hydrogens (tertiary/aromatic N) is 4. The lowest BCUT2D eigenvalue weighted by Crippen LogP contribution is -1.95. The molecule has 0 atom stereocenters. The van der Waals surface area contributed by atoms with Crippen LogP contribution in [-0.4, -0.2) is 18.3 Å². The second kappa shape index (κ2) is 26.5. The molecule has 112 heavy (non-hydrogen) atoms. The van der Waals surface area contributed by atoms with Crippen molar-refractivity contribution in [2.75, 3.05) is 0 Å². The lowest BCUT2D eigenvalue weighted by molar-refractivity contribution is 1.18. The molecule has 522 valence electrons. The van der Waals surface area contributed by atoms with E-state index in [-0.39, 0.29) is 0 Å². The van der Waals surface area contributed by atoms with Crippen molar-refractivity contribution in [2.24, 2.45) is 0 Å². The van der Waals surface area contributed by atoms with E-state index in [1.165, 1.54) is 143 Å². The van der Waals surface area contributed by atoms with Crippen molar-refractivity contribution >= 4 is 87.2 Å². The van der Waals surface area contributed by atoms with Gasteiger partial charge in [-0.15, -0.1) is 0 Å². The third-order valence-corrected chi connectivity index (χ3v) is 23.1. The number of fused-ring (bicyclic) bond motifs is 12. The van der Waals surface area contributed by atoms with E-state index in [1.807, 2.05) is 0 Å². The molecular weight excluding hydrogens is 1350 g/mol. The Bertz CT molecular complexity index is 7390. The van der Waals surface area contributed by atoms with Gasteiger partial charge in [0, 0.05) is 65.8 Å². The van der Waals surface area contributed by atoms with Crippen LogP contribution in [-0.2, 0) is 0 Å². The highest BCUT2D eigenvalue weighted by atomic mass is 15.0. The van der Waals surface area contributed by atoms with Crippen LogP contribution in [0, 0.1) is 0 Å². The van der Waals surface area contributed by atoms with Gasteiger partial charge in [-0.1, -0.05) is 285 Å². The summed E-state index contributed by atoms with van der Waals surface area (Å²) in [6, 6.07) is 157. The first-order valence-electron chi connectivity index (χ1n) is 38.6. The van der Waals surface area contributed by atoms with E-state index < -0.39 is 0 Å². The standard InChI is InChI=1S/C108H70N4/c1-9-25-71(26-10-1)79-46-56-100-95(61-79)96-63-81(48-58-101(96)109(100)87-37-21-7-22-38-87)83-50-60-103-98(65-83)108-93(78-35-19-6-20-36-78)67-86(74-31-15-4-16-32-74)70-106(108)112(103)90-53-43-76(44-54-90)75-41-51-89(52-42-75)110-99-57-47-80(62-94(99)91-55-45-84(68-104(91)110)72-27-11-2-12-28-72)82-49-59-102-97(64-82)107-92(77-33-17-5-18-34-77)66-85(73-29-13-3-14-30-73)69-105(107)111(102)88-39-23-8-24-40-88/h1-70H. The first-order valence-corrected chi connectivity index (χ1v) is 38.6. The highest BCUT2D eigenvalue weighted by Gasteiger charge is 2.25. The minimum absolute atomic E-state index is 1.09. The summed E-state index contributed by atoms with van der Waals surface area (Å²) in [6.45, 7) is 0. The topological polar surface area (TPSA) is 19.7 Å². The molecule has 22 rings (SSSR count). The molecule has 0 aliphatic rings. The predicted molar refractivity (Wildman–Crippen MR) is 473 cm³/mol. The van der Waals surface area contributed by atoms with Crippen LogP contribution < -0.4 is 0 Å². The molecule has 0 amide bonds. The molecule has 4 heteroatoms. The second-order valence-corrected chi connectivity index (χ2v) is 29.5. The monoisotopic (exact) mass is 1420 g/mol. The summed E-state index contributed by atoms with van der Waals surface area (Å²) in [6.07, 6.45) is 0. The summed E-state index contributed by atoms with van der Waals surface area (Å²) in [7, 11) is 0. The average Bonchev–Trinajstić information content (AvgIpc) is 1.72. The van der Waals surface area contributed by atoms with Gasteiger partial charge in [0.05, 0.1) is 44.1 Å². The Kier molecular flexibility index (Phi) is 15.2. The van der Waals surface area contributed by atoms with Crippen molar-refractivity contribution in [3.8, 4) is 123 Å². The number of hydrogen-bond donors (Lipinski definition) is 0. The molecular formula is C108H70N4. The molecule has 0 N–H and O–H groups in total. The maximum Gasteiger partial charge on any atom is 0.0553 e. The molecule has 22 aromatic rings. The van der Waals surface area contributed by atoms with Crippen LogP contribution in [0.25, 0.3) is 210 Å². The van der Waals surface area contributed by atoms with E-state index in [1.54, 1.807) is 0 Å². The molecule has 0 saturated carbocycles. The largest absolute Gasteiger partial charge is 0.309 e. The molecule has 0 bridgehead atoms. The van der Waals surface area contributed by atoms with E-state index in [4.69, 9.17) is 0 Å². The van der Waals surface area contributed by atoms with Gasteiger partial charge in [-0.05, 0) is 240 Å². The molecule has 0 spiro atoms. The molecule has 4 aromatic heterocycles. The zero-order chi connectivity index (χ0) is 73.7. The quantitative estimate of drug-likeness (QED) is 0.110. The maximum atomic E-state index is 2.49. The zero-order valence-electron chi connectivity index (χ0n) is 61.2. The summed E-state index contributed by atoms with van der Waals surface area (Å²) in [5.41, 5.74) is 34.9. The maximum absolute atomic E-state index is 2.49. The van der Waals surface area contributed by atoms with E-state index in [0.717, 1.165) is 67.1 Å². The van der Waals surface area contributed by atoms with Gasteiger partial charge in [0.15, 0.2) is 0 Å². The van der Waals surface area contributed by atoms with Crippen molar-refractivity contribution in [3.05, 3.63) is 425 Å². The Labute approximate surface area is 648 Å². The zero-order valence-corrected chi connectivity index (χ0v) is 61.2. The van der Waals surface area contributed by atoms with Gasteiger partial charge in [-0.3, -0.25) is 0 Å². The van der Waals surface area contributed by atoms with Gasteiger partial charge in [0.25, 0.3) is 0 Å². The van der Waals surface area contributed by atoms with E-state index in [2.05, 4.69) is 443 Å². The lowest BCUT2D eigenvalue weighted by Gasteiger charge is -2.13. The van der Waals surface area contributed by atoms with E-state index in [0.29, 0.717) is 0 Å². The Hall–Kier alpha value is -14.8. The fourth-order valence-corrected chi connectivity index (χ4v) is 17.8. The van der Waals surface area contributed by atoms with E-state index in [9.17, 15) is 0 Å². The van der Waals surface area contributed by atoms with Gasteiger partial charge >= 0.3 is 0 Å². The minimum atomic E-state index is 1.09. The Morgan fingerprint density at radius 2 is 0.339 bits per heavy atom. The Morgan fingerprint density at radius 3 is 0.696 bits per heavy atom. The van der Waals surface area contributed by atoms with E-state index >= 15 is 0 Å². The molecule has 4 heterocycles. The second-order valence-electron chi connectivity index (χ2n) is 29.5. The summed E-state index contributed by atoms with van der Waals surface area (Å²) in [5.74, 6) is 0. The molecule has 0 fully saturated rings. The van der Waals surface area contributed by atoms with Gasteiger partial charge in [-0.2, -0.15) is 0 Å². The summed E-state index contributed by atoms with van der Waals surface area (Å²) < 4.78 is 9.82. The smallest absolute Gasteiger partial charge is 0.0553 e. The molecule has 0 unspecified atom stereocenters.